The number of carbonyl (C=O) groups is 2. The first-order valence-corrected chi connectivity index (χ1v) is 8.39. The molecule has 1 N–H and O–H groups in total. The number of carboxylic acid groups (broad SMARTS) is 1. The van der Waals surface area contributed by atoms with E-state index in [1.54, 1.807) is 12.1 Å². The predicted molar refractivity (Wildman–Crippen MR) is 96.3 cm³/mol. The molecule has 1 aliphatic heterocycles. The van der Waals surface area contributed by atoms with Gasteiger partial charge >= 0.3 is 11.9 Å². The smallest absolute Gasteiger partial charge is 0.391 e. The average molecular weight is 386 g/mol. The Labute approximate surface area is 159 Å². The van der Waals surface area contributed by atoms with Crippen LogP contribution in [0.4, 0.5) is 14.6 Å². The van der Waals surface area contributed by atoms with Gasteiger partial charge in [-0.05, 0) is 24.6 Å². The highest BCUT2D eigenvalue weighted by molar-refractivity contribution is 5.90. The highest BCUT2D eigenvalue weighted by Crippen LogP contribution is 2.35. The van der Waals surface area contributed by atoms with Crippen molar-refractivity contribution in [3.8, 4) is 17.7 Å². The summed E-state index contributed by atoms with van der Waals surface area (Å²) in [6.45, 7) is 1.08. The van der Waals surface area contributed by atoms with E-state index in [-0.39, 0.29) is 11.7 Å². The number of nitrogens with zero attached hydrogens (tertiary/aromatic N) is 2. The summed E-state index contributed by atoms with van der Waals surface area (Å²) in [4.78, 5) is 28.2. The Morgan fingerprint density at radius 1 is 1.25 bits per heavy atom. The number of halogens is 2. The highest BCUT2D eigenvalue weighted by Gasteiger charge is 2.48. The quantitative estimate of drug-likeness (QED) is 0.645. The van der Waals surface area contributed by atoms with Gasteiger partial charge in [-0.1, -0.05) is 30.2 Å². The van der Waals surface area contributed by atoms with Gasteiger partial charge in [0.1, 0.15) is 11.9 Å². The van der Waals surface area contributed by atoms with Crippen LogP contribution in [-0.2, 0) is 9.59 Å². The second-order valence-electron chi connectivity index (χ2n) is 6.33. The maximum absolute atomic E-state index is 13.7. The van der Waals surface area contributed by atoms with E-state index in [9.17, 15) is 23.5 Å². The lowest BCUT2D eigenvalue weighted by Crippen LogP contribution is -2.36. The number of carbonyl (C=O) groups excluding carboxylic acids is 1. The molecule has 0 bridgehead atoms. The van der Waals surface area contributed by atoms with E-state index < -0.39 is 36.9 Å². The fourth-order valence-electron chi connectivity index (χ4n) is 2.85. The number of ether oxygens (including phenoxy) is 1. The van der Waals surface area contributed by atoms with Crippen LogP contribution in [0.2, 0.25) is 0 Å². The first kappa shape index (κ1) is 19.3. The molecule has 1 fully saturated rings. The zero-order valence-electron chi connectivity index (χ0n) is 14.9. The maximum Gasteiger partial charge on any atom is 0.391 e. The monoisotopic (exact) mass is 386 g/mol. The van der Waals surface area contributed by atoms with E-state index in [1.807, 2.05) is 19.1 Å². The molecule has 0 radical (unpaired) electrons. The standard InChI is InChI=1S/C20H16F2N2O4/c1-13-5-2-3-6-14(13)9-10-18(25)28-17-8-4-7-16(23-17)24-12-20(21,22)11-15(24)19(26)27/h2-8,15H,11-12H2,1H3,(H,26,27). The van der Waals surface area contributed by atoms with Gasteiger partial charge in [0.25, 0.3) is 5.92 Å². The van der Waals surface area contributed by atoms with Crippen LogP contribution in [-0.4, -0.2) is 40.5 Å². The van der Waals surface area contributed by atoms with E-state index in [4.69, 9.17) is 4.74 Å². The number of rotatable bonds is 3. The Morgan fingerprint density at radius 3 is 2.71 bits per heavy atom. The first-order valence-electron chi connectivity index (χ1n) is 8.39. The Morgan fingerprint density at radius 2 is 2.00 bits per heavy atom. The summed E-state index contributed by atoms with van der Waals surface area (Å²) in [5.74, 6) is -0.509. The molecule has 2 aromatic rings. The number of aryl methyl sites for hydroxylation is 1. The molecule has 1 aromatic heterocycles. The van der Waals surface area contributed by atoms with Crippen molar-refractivity contribution in [2.75, 3.05) is 11.4 Å². The normalized spacial score (nSPS) is 17.5. The molecule has 8 heteroatoms. The molecule has 28 heavy (non-hydrogen) atoms. The molecule has 1 saturated heterocycles. The van der Waals surface area contributed by atoms with Crippen LogP contribution in [0.5, 0.6) is 5.88 Å². The number of esters is 1. The van der Waals surface area contributed by atoms with Gasteiger partial charge in [-0.15, -0.1) is 0 Å². The third kappa shape index (κ3) is 4.43. The second-order valence-corrected chi connectivity index (χ2v) is 6.33. The summed E-state index contributed by atoms with van der Waals surface area (Å²) < 4.78 is 32.4. The summed E-state index contributed by atoms with van der Waals surface area (Å²) in [5.41, 5.74) is 1.57. The molecule has 3 rings (SSSR count). The lowest BCUT2D eigenvalue weighted by molar-refractivity contribution is -0.139. The Kier molecular flexibility index (Phi) is 5.27. The number of alkyl halides is 2. The van der Waals surface area contributed by atoms with Crippen molar-refractivity contribution in [2.24, 2.45) is 0 Å². The minimum Gasteiger partial charge on any atom is -0.480 e. The molecule has 1 atom stereocenters. The molecule has 0 spiro atoms. The molecule has 1 unspecified atom stereocenters. The predicted octanol–water partition coefficient (Wildman–Crippen LogP) is 2.65. The number of pyridine rings is 1. The number of aromatic nitrogens is 1. The fraction of sp³-hybridized carbons (Fsp3) is 0.250. The summed E-state index contributed by atoms with van der Waals surface area (Å²) in [5, 5.41) is 9.19. The molecule has 0 saturated carbocycles. The molecule has 2 heterocycles. The highest BCUT2D eigenvalue weighted by atomic mass is 19.3. The number of hydrogen-bond acceptors (Lipinski definition) is 5. The second kappa shape index (κ2) is 7.64. The van der Waals surface area contributed by atoms with Crippen LogP contribution >= 0.6 is 0 Å². The average Bonchev–Trinajstić information content (AvgIpc) is 2.97. The molecule has 144 valence electrons. The Bertz CT molecular complexity index is 981. The van der Waals surface area contributed by atoms with Gasteiger partial charge in [0.15, 0.2) is 0 Å². The van der Waals surface area contributed by atoms with Gasteiger partial charge in [0.05, 0.1) is 6.54 Å². The van der Waals surface area contributed by atoms with Gasteiger partial charge in [0.2, 0.25) is 5.88 Å². The van der Waals surface area contributed by atoms with Crippen LogP contribution in [0.25, 0.3) is 0 Å². The minimum absolute atomic E-state index is 0.0123. The summed E-state index contributed by atoms with van der Waals surface area (Å²) in [6, 6.07) is 10.0. The maximum atomic E-state index is 13.7. The van der Waals surface area contributed by atoms with E-state index >= 15 is 0 Å². The SMILES string of the molecule is Cc1ccccc1C#CC(=O)Oc1cccc(N2CC(F)(F)CC2C(=O)O)n1. The number of carboxylic acids is 1. The summed E-state index contributed by atoms with van der Waals surface area (Å²) in [6.07, 6.45) is -0.810. The number of aliphatic carboxylic acids is 1. The lowest BCUT2D eigenvalue weighted by atomic mass is 10.1. The van der Waals surface area contributed by atoms with Gasteiger partial charge in [-0.25, -0.2) is 18.4 Å². The van der Waals surface area contributed by atoms with Crippen molar-refractivity contribution < 1.29 is 28.2 Å². The zero-order chi connectivity index (χ0) is 20.3. The van der Waals surface area contributed by atoms with Crippen molar-refractivity contribution in [1.82, 2.24) is 4.98 Å². The van der Waals surface area contributed by atoms with Gasteiger partial charge in [0, 0.05) is 24.0 Å². The molecule has 0 amide bonds. The zero-order valence-corrected chi connectivity index (χ0v) is 14.9. The van der Waals surface area contributed by atoms with E-state index in [0.29, 0.717) is 5.56 Å². The minimum atomic E-state index is -3.14. The fourth-order valence-corrected chi connectivity index (χ4v) is 2.85. The van der Waals surface area contributed by atoms with Crippen LogP contribution in [0.1, 0.15) is 17.5 Å². The molecule has 0 aliphatic carbocycles. The Hall–Kier alpha value is -3.47. The molecule has 1 aromatic carbocycles. The van der Waals surface area contributed by atoms with Crippen molar-refractivity contribution in [1.29, 1.82) is 0 Å². The van der Waals surface area contributed by atoms with Gasteiger partial charge in [-0.3, -0.25) is 0 Å². The van der Waals surface area contributed by atoms with Gasteiger partial charge in [-0.2, -0.15) is 4.98 Å². The largest absolute Gasteiger partial charge is 0.480 e. The molecular formula is C20H16F2N2O4. The van der Waals surface area contributed by atoms with Crippen LogP contribution < -0.4 is 9.64 Å². The number of anilines is 1. The molecular weight excluding hydrogens is 370 g/mol. The van der Waals surface area contributed by atoms with E-state index in [1.165, 1.54) is 18.2 Å². The molecule has 6 nitrogen and oxygen atoms in total. The lowest BCUT2D eigenvalue weighted by Gasteiger charge is -2.21. The third-order valence-electron chi connectivity index (χ3n) is 4.20. The summed E-state index contributed by atoms with van der Waals surface area (Å²) in [7, 11) is 0. The summed E-state index contributed by atoms with van der Waals surface area (Å²) >= 11 is 0. The van der Waals surface area contributed by atoms with E-state index in [0.717, 1.165) is 10.5 Å². The van der Waals surface area contributed by atoms with E-state index in [2.05, 4.69) is 16.8 Å². The molecule has 1 aliphatic rings. The van der Waals surface area contributed by atoms with Crippen molar-refractivity contribution >= 4 is 17.8 Å². The van der Waals surface area contributed by atoms with Crippen LogP contribution in [0.15, 0.2) is 42.5 Å². The van der Waals surface area contributed by atoms with Crippen molar-refractivity contribution in [3.05, 3.63) is 53.6 Å². The van der Waals surface area contributed by atoms with Gasteiger partial charge < -0.3 is 14.7 Å². The first-order chi connectivity index (χ1) is 13.2. The topological polar surface area (TPSA) is 79.7 Å². The van der Waals surface area contributed by atoms with Crippen LogP contribution in [0, 0.1) is 18.8 Å². The Balaban J connectivity index is 1.76. The number of hydrogen-bond donors (Lipinski definition) is 1. The van der Waals surface area contributed by atoms with Crippen LogP contribution in [0.3, 0.4) is 0 Å². The van der Waals surface area contributed by atoms with Crippen molar-refractivity contribution in [3.63, 3.8) is 0 Å². The number of benzene rings is 1. The van der Waals surface area contributed by atoms with Crippen molar-refractivity contribution in [2.45, 2.75) is 25.3 Å². The third-order valence-corrected chi connectivity index (χ3v) is 4.20.